The molecule has 0 atom stereocenters. The molecule has 1 aromatic carbocycles. The molecule has 14 heavy (non-hydrogen) atoms. The summed E-state index contributed by atoms with van der Waals surface area (Å²) < 4.78 is 22.1. The monoisotopic (exact) mass is 201 g/mol. The van der Waals surface area contributed by atoms with Gasteiger partial charge in [-0.25, -0.2) is 4.39 Å². The highest BCUT2D eigenvalue weighted by atomic mass is 19.1. The normalized spacial score (nSPS) is 8.57. The molecule has 0 amide bonds. The molecule has 2 N–H and O–H groups in total. The van der Waals surface area contributed by atoms with E-state index in [9.17, 15) is 4.39 Å². The van der Waals surface area contributed by atoms with Crippen molar-refractivity contribution in [3.05, 3.63) is 30.1 Å². The van der Waals surface area contributed by atoms with E-state index in [1.54, 1.807) is 12.1 Å². The van der Waals surface area contributed by atoms with Crippen LogP contribution in [-0.2, 0) is 4.74 Å². The van der Waals surface area contributed by atoms with Crippen LogP contribution in [-0.4, -0.2) is 31.6 Å². The molecule has 4 nitrogen and oxygen atoms in total. The lowest BCUT2D eigenvalue weighted by Crippen LogP contribution is -1.98. The molecule has 1 aromatic rings. The first-order chi connectivity index (χ1) is 6.74. The zero-order valence-corrected chi connectivity index (χ0v) is 7.68. The third kappa shape index (κ3) is 6.42. The first kappa shape index (κ1) is 12.9. The van der Waals surface area contributed by atoms with Crippen LogP contribution in [0.4, 0.5) is 4.39 Å². The highest BCUT2D eigenvalue weighted by molar-refractivity contribution is 6.13. The van der Waals surface area contributed by atoms with Gasteiger partial charge in [0, 0.05) is 13.2 Å². The van der Waals surface area contributed by atoms with Crippen molar-refractivity contribution in [2.45, 2.75) is 0 Å². The van der Waals surface area contributed by atoms with Crippen LogP contribution in [0, 0.1) is 5.82 Å². The van der Waals surface area contributed by atoms with Gasteiger partial charge in [0.05, 0.1) is 0 Å². The number of halogens is 1. The van der Waals surface area contributed by atoms with Crippen LogP contribution >= 0.6 is 0 Å². The number of hydrogen-bond donors (Lipinski definition) is 2. The molecular weight excluding hydrogens is 190 g/mol. The Bertz CT molecular complexity index is 247. The summed E-state index contributed by atoms with van der Waals surface area (Å²) >= 11 is 0. The van der Waals surface area contributed by atoms with E-state index in [-0.39, 0.29) is 20.3 Å². The maximum Gasteiger partial charge on any atom is 0.482 e. The highest BCUT2D eigenvalue weighted by Crippen LogP contribution is 2.11. The number of rotatable bonds is 3. The summed E-state index contributed by atoms with van der Waals surface area (Å²) in [6.45, 7) is 0.142. The summed E-state index contributed by atoms with van der Waals surface area (Å²) in [6, 6.07) is 5.92. The quantitative estimate of drug-likeness (QED) is 0.545. The van der Waals surface area contributed by atoms with Gasteiger partial charge in [0.15, 0.2) is 6.79 Å². The smallest absolute Gasteiger partial charge is 0.467 e. The average molecular weight is 201 g/mol. The molecule has 0 aliphatic rings. The molecule has 0 saturated carbocycles. The van der Waals surface area contributed by atoms with Gasteiger partial charge in [-0.1, -0.05) is 6.07 Å². The van der Waals surface area contributed by atoms with E-state index in [0.717, 1.165) is 0 Å². The Morgan fingerprint density at radius 1 is 1.43 bits per heavy atom. The summed E-state index contributed by atoms with van der Waals surface area (Å²) in [7, 11) is 1.51. The van der Waals surface area contributed by atoms with Gasteiger partial charge in [0.1, 0.15) is 11.6 Å². The molecule has 77 valence electrons. The minimum absolute atomic E-state index is 0. The van der Waals surface area contributed by atoms with E-state index < -0.39 is 0 Å². The predicted molar refractivity (Wildman–Crippen MR) is 49.1 cm³/mol. The molecule has 6 heteroatoms. The first-order valence-corrected chi connectivity index (χ1v) is 3.72. The minimum Gasteiger partial charge on any atom is -0.467 e. The van der Waals surface area contributed by atoms with Gasteiger partial charge in [0.2, 0.25) is 0 Å². The van der Waals surface area contributed by atoms with Gasteiger partial charge in [-0.15, -0.1) is 0 Å². The van der Waals surface area contributed by atoms with Gasteiger partial charge < -0.3 is 19.5 Å². The van der Waals surface area contributed by atoms with E-state index >= 15 is 0 Å². The molecular formula is C8H11BFO4. The Hall–Kier alpha value is -1.11. The summed E-state index contributed by atoms with van der Waals surface area (Å²) in [5.74, 6) is 0.172. The molecule has 0 unspecified atom stereocenters. The third-order valence-electron chi connectivity index (χ3n) is 1.14. The number of ether oxygens (including phenoxy) is 2. The highest BCUT2D eigenvalue weighted by Gasteiger charge is 1.93. The number of methoxy groups -OCH3 is 1. The Labute approximate surface area is 82.2 Å². The second kappa shape index (κ2) is 8.49. The number of hydrogen-bond acceptors (Lipinski definition) is 4. The van der Waals surface area contributed by atoms with Crippen LogP contribution in [0.5, 0.6) is 5.75 Å². The van der Waals surface area contributed by atoms with E-state index in [1.807, 2.05) is 0 Å². The second-order valence-corrected chi connectivity index (χ2v) is 2.12. The van der Waals surface area contributed by atoms with Crippen molar-refractivity contribution < 1.29 is 23.9 Å². The molecule has 0 aliphatic heterocycles. The lowest BCUT2D eigenvalue weighted by atomic mass is 10.3. The fourth-order valence-corrected chi connectivity index (χ4v) is 0.684. The van der Waals surface area contributed by atoms with E-state index in [1.165, 1.54) is 19.2 Å². The lowest BCUT2D eigenvalue weighted by molar-refractivity contribution is 0.0509. The Balaban J connectivity index is 0.000000500. The number of benzene rings is 1. The minimum atomic E-state index is -0.307. The maximum absolute atomic E-state index is 12.5. The topological polar surface area (TPSA) is 58.9 Å². The van der Waals surface area contributed by atoms with Gasteiger partial charge in [-0.2, -0.15) is 0 Å². The maximum atomic E-state index is 12.5. The zero-order chi connectivity index (χ0) is 10.8. The van der Waals surface area contributed by atoms with Crippen LogP contribution in [0.3, 0.4) is 0 Å². The molecule has 0 aliphatic carbocycles. The van der Waals surface area contributed by atoms with Gasteiger partial charge in [0.25, 0.3) is 0 Å². The molecule has 1 radical (unpaired) electrons. The van der Waals surface area contributed by atoms with Crippen LogP contribution in [0.1, 0.15) is 0 Å². The third-order valence-corrected chi connectivity index (χ3v) is 1.14. The fourth-order valence-electron chi connectivity index (χ4n) is 0.684. The zero-order valence-electron chi connectivity index (χ0n) is 7.68. The van der Waals surface area contributed by atoms with Gasteiger partial charge >= 0.3 is 7.69 Å². The van der Waals surface area contributed by atoms with Gasteiger partial charge in [-0.3, -0.25) is 0 Å². The molecule has 1 rings (SSSR count). The Kier molecular flexibility index (Phi) is 7.82. The summed E-state index contributed by atoms with van der Waals surface area (Å²) in [5.41, 5.74) is 0. The van der Waals surface area contributed by atoms with Crippen molar-refractivity contribution in [2.75, 3.05) is 13.9 Å². The van der Waals surface area contributed by atoms with Crippen LogP contribution in [0.2, 0.25) is 0 Å². The summed E-state index contributed by atoms with van der Waals surface area (Å²) in [4.78, 5) is 0. The lowest BCUT2D eigenvalue weighted by Gasteiger charge is -2.02. The Morgan fingerprint density at radius 2 is 2.07 bits per heavy atom. The van der Waals surface area contributed by atoms with Crippen molar-refractivity contribution in [3.8, 4) is 5.75 Å². The second-order valence-electron chi connectivity index (χ2n) is 2.12. The molecule has 0 aromatic heterocycles. The SMILES string of the molecule is COCOc1cccc(F)c1.O[B]O. The first-order valence-electron chi connectivity index (χ1n) is 3.72. The van der Waals surface area contributed by atoms with Crippen molar-refractivity contribution >= 4 is 7.69 Å². The predicted octanol–water partition coefficient (Wildman–Crippen LogP) is 0.314. The van der Waals surface area contributed by atoms with E-state index in [2.05, 4.69) is 4.74 Å². The molecule has 0 heterocycles. The summed E-state index contributed by atoms with van der Waals surface area (Å²) in [6.07, 6.45) is 0. The van der Waals surface area contributed by atoms with Crippen molar-refractivity contribution in [2.24, 2.45) is 0 Å². The molecule has 0 saturated heterocycles. The standard InChI is InChI=1S/C8H9FO2.BH2O2/c1-10-6-11-8-4-2-3-7(9)5-8;2-1-3/h2-5H,6H2,1H3;2-3H. The van der Waals surface area contributed by atoms with Crippen LogP contribution < -0.4 is 4.74 Å². The van der Waals surface area contributed by atoms with Crippen LogP contribution in [0.15, 0.2) is 24.3 Å². The largest absolute Gasteiger partial charge is 0.482 e. The van der Waals surface area contributed by atoms with Crippen LogP contribution in [0.25, 0.3) is 0 Å². The van der Waals surface area contributed by atoms with Crippen molar-refractivity contribution in [1.82, 2.24) is 0 Å². The fraction of sp³-hybridized carbons (Fsp3) is 0.250. The van der Waals surface area contributed by atoms with E-state index in [4.69, 9.17) is 14.8 Å². The van der Waals surface area contributed by atoms with Gasteiger partial charge in [-0.05, 0) is 12.1 Å². The van der Waals surface area contributed by atoms with Crippen molar-refractivity contribution in [3.63, 3.8) is 0 Å². The molecule has 0 fully saturated rings. The Morgan fingerprint density at radius 3 is 2.57 bits per heavy atom. The van der Waals surface area contributed by atoms with Crippen molar-refractivity contribution in [1.29, 1.82) is 0 Å². The molecule has 0 spiro atoms. The molecule has 0 bridgehead atoms. The average Bonchev–Trinajstić information content (AvgIpc) is 2.16. The summed E-state index contributed by atoms with van der Waals surface area (Å²) in [5, 5.41) is 14.0. The van der Waals surface area contributed by atoms with E-state index in [0.29, 0.717) is 5.75 Å².